The van der Waals surface area contributed by atoms with Crippen LogP contribution in [0.25, 0.3) is 0 Å². The molecular weight excluding hydrogens is 235 g/mol. The lowest BCUT2D eigenvalue weighted by molar-refractivity contribution is 0.0945. The lowest BCUT2D eigenvalue weighted by Gasteiger charge is -2.12. The fraction of sp³-hybridized carbons (Fsp3) is 0.462. The van der Waals surface area contributed by atoms with E-state index >= 15 is 0 Å². The number of halogens is 1. The van der Waals surface area contributed by atoms with Crippen LogP contribution in [0, 0.1) is 11.7 Å². The topological polar surface area (TPSA) is 50.4 Å². The molecule has 98 valence electrons. The second-order valence-corrected chi connectivity index (χ2v) is 4.35. The number of rotatable bonds is 4. The van der Waals surface area contributed by atoms with Gasteiger partial charge in [-0.2, -0.15) is 0 Å². The SMILES string of the molecule is CNc1c(F)cccc1C(=O)NCC1CCOC1. The van der Waals surface area contributed by atoms with E-state index < -0.39 is 5.82 Å². The summed E-state index contributed by atoms with van der Waals surface area (Å²) in [6.45, 7) is 2.00. The predicted octanol–water partition coefficient (Wildman–Crippen LogP) is 1.63. The lowest BCUT2D eigenvalue weighted by atomic mass is 10.1. The van der Waals surface area contributed by atoms with Crippen LogP contribution in [0.1, 0.15) is 16.8 Å². The van der Waals surface area contributed by atoms with Crippen molar-refractivity contribution in [1.29, 1.82) is 0 Å². The monoisotopic (exact) mass is 252 g/mol. The van der Waals surface area contributed by atoms with Crippen molar-refractivity contribution < 1.29 is 13.9 Å². The van der Waals surface area contributed by atoms with Crippen molar-refractivity contribution in [2.24, 2.45) is 5.92 Å². The van der Waals surface area contributed by atoms with Crippen LogP contribution in [-0.4, -0.2) is 32.7 Å². The van der Waals surface area contributed by atoms with Crippen molar-refractivity contribution in [3.8, 4) is 0 Å². The Morgan fingerprint density at radius 3 is 3.06 bits per heavy atom. The Morgan fingerprint density at radius 1 is 1.56 bits per heavy atom. The Kier molecular flexibility index (Phi) is 4.15. The highest BCUT2D eigenvalue weighted by Crippen LogP contribution is 2.19. The molecule has 0 bridgehead atoms. The third-order valence-electron chi connectivity index (χ3n) is 3.08. The van der Waals surface area contributed by atoms with Gasteiger partial charge in [0.2, 0.25) is 0 Å². The van der Waals surface area contributed by atoms with Gasteiger partial charge in [-0.05, 0) is 18.6 Å². The van der Waals surface area contributed by atoms with Gasteiger partial charge in [-0.1, -0.05) is 6.07 Å². The third kappa shape index (κ3) is 2.79. The van der Waals surface area contributed by atoms with Crippen LogP contribution in [0.2, 0.25) is 0 Å². The molecule has 1 atom stereocenters. The average molecular weight is 252 g/mol. The Hall–Kier alpha value is -1.62. The maximum absolute atomic E-state index is 13.5. The van der Waals surface area contributed by atoms with Crippen LogP contribution >= 0.6 is 0 Å². The van der Waals surface area contributed by atoms with E-state index in [1.165, 1.54) is 12.1 Å². The van der Waals surface area contributed by atoms with Crippen LogP contribution in [0.3, 0.4) is 0 Å². The van der Waals surface area contributed by atoms with Gasteiger partial charge in [-0.3, -0.25) is 4.79 Å². The predicted molar refractivity (Wildman–Crippen MR) is 67.2 cm³/mol. The van der Waals surface area contributed by atoms with Crippen LogP contribution in [0.5, 0.6) is 0 Å². The number of nitrogens with one attached hydrogen (secondary N) is 2. The van der Waals surface area contributed by atoms with E-state index in [9.17, 15) is 9.18 Å². The molecule has 1 aromatic carbocycles. The first-order valence-corrected chi connectivity index (χ1v) is 6.04. The van der Waals surface area contributed by atoms with Gasteiger partial charge < -0.3 is 15.4 Å². The first kappa shape index (κ1) is 12.8. The molecule has 4 nitrogen and oxygen atoms in total. The van der Waals surface area contributed by atoms with Gasteiger partial charge in [0, 0.05) is 26.1 Å². The van der Waals surface area contributed by atoms with Crippen LogP contribution in [0.4, 0.5) is 10.1 Å². The number of hydrogen-bond acceptors (Lipinski definition) is 3. The molecule has 0 aliphatic carbocycles. The number of benzene rings is 1. The summed E-state index contributed by atoms with van der Waals surface area (Å²) >= 11 is 0. The highest BCUT2D eigenvalue weighted by Gasteiger charge is 2.18. The second-order valence-electron chi connectivity index (χ2n) is 4.35. The molecule has 2 rings (SSSR count). The summed E-state index contributed by atoms with van der Waals surface area (Å²) < 4.78 is 18.7. The van der Waals surface area contributed by atoms with E-state index in [1.54, 1.807) is 13.1 Å². The highest BCUT2D eigenvalue weighted by molar-refractivity contribution is 5.99. The number of para-hydroxylation sites is 1. The lowest BCUT2D eigenvalue weighted by Crippen LogP contribution is -2.30. The normalized spacial score (nSPS) is 18.7. The third-order valence-corrected chi connectivity index (χ3v) is 3.08. The molecule has 1 amide bonds. The first-order valence-electron chi connectivity index (χ1n) is 6.04. The van der Waals surface area contributed by atoms with Crippen molar-refractivity contribution in [2.75, 3.05) is 32.1 Å². The molecule has 1 fully saturated rings. The maximum Gasteiger partial charge on any atom is 0.253 e. The fourth-order valence-corrected chi connectivity index (χ4v) is 2.04. The molecule has 5 heteroatoms. The van der Waals surface area contributed by atoms with Crippen molar-refractivity contribution in [1.82, 2.24) is 5.32 Å². The smallest absolute Gasteiger partial charge is 0.253 e. The fourth-order valence-electron chi connectivity index (χ4n) is 2.04. The molecule has 1 heterocycles. The average Bonchev–Trinajstić information content (AvgIpc) is 2.88. The summed E-state index contributed by atoms with van der Waals surface area (Å²) in [4.78, 5) is 12.0. The molecule has 1 aliphatic heterocycles. The zero-order valence-corrected chi connectivity index (χ0v) is 10.3. The molecular formula is C13H17FN2O2. The van der Waals surface area contributed by atoms with Crippen LogP contribution in [0.15, 0.2) is 18.2 Å². The Labute approximate surface area is 106 Å². The largest absolute Gasteiger partial charge is 0.385 e. The standard InChI is InChI=1S/C13H17FN2O2/c1-15-12-10(3-2-4-11(12)14)13(17)16-7-9-5-6-18-8-9/h2-4,9,15H,5-8H2,1H3,(H,16,17). The van der Waals surface area contributed by atoms with Crippen molar-refractivity contribution >= 4 is 11.6 Å². The zero-order valence-electron chi connectivity index (χ0n) is 10.3. The van der Waals surface area contributed by atoms with E-state index in [-0.39, 0.29) is 11.6 Å². The molecule has 1 aliphatic rings. The van der Waals surface area contributed by atoms with E-state index in [4.69, 9.17) is 4.74 Å². The highest BCUT2D eigenvalue weighted by atomic mass is 19.1. The maximum atomic E-state index is 13.5. The second kappa shape index (κ2) is 5.82. The quantitative estimate of drug-likeness (QED) is 0.856. The summed E-state index contributed by atoms with van der Waals surface area (Å²) in [5, 5.41) is 5.53. The summed E-state index contributed by atoms with van der Waals surface area (Å²) in [6.07, 6.45) is 0.961. The van der Waals surface area contributed by atoms with Gasteiger partial charge in [0.1, 0.15) is 5.82 Å². The Bertz CT molecular complexity index is 431. The summed E-state index contributed by atoms with van der Waals surface area (Å²) in [6, 6.07) is 4.46. The van der Waals surface area contributed by atoms with Gasteiger partial charge in [-0.15, -0.1) is 0 Å². The minimum absolute atomic E-state index is 0.234. The molecule has 0 aromatic heterocycles. The summed E-state index contributed by atoms with van der Waals surface area (Å²) in [7, 11) is 1.60. The van der Waals surface area contributed by atoms with Gasteiger partial charge in [0.05, 0.1) is 17.9 Å². The van der Waals surface area contributed by atoms with E-state index in [1.807, 2.05) is 0 Å². The van der Waals surface area contributed by atoms with Gasteiger partial charge in [0.25, 0.3) is 5.91 Å². The molecule has 18 heavy (non-hydrogen) atoms. The number of carbonyl (C=O) groups excluding carboxylic acids is 1. The van der Waals surface area contributed by atoms with Crippen molar-refractivity contribution in [3.63, 3.8) is 0 Å². The number of ether oxygens (including phenoxy) is 1. The summed E-state index contributed by atoms with van der Waals surface area (Å²) in [5.74, 6) is -0.319. The van der Waals surface area contributed by atoms with E-state index in [0.29, 0.717) is 24.6 Å². The molecule has 1 aromatic rings. The molecule has 0 saturated carbocycles. The molecule has 0 spiro atoms. The summed E-state index contributed by atoms with van der Waals surface area (Å²) in [5.41, 5.74) is 0.564. The minimum Gasteiger partial charge on any atom is -0.385 e. The van der Waals surface area contributed by atoms with E-state index in [0.717, 1.165) is 13.0 Å². The Balaban J connectivity index is 2.01. The van der Waals surface area contributed by atoms with E-state index in [2.05, 4.69) is 10.6 Å². The molecule has 1 saturated heterocycles. The van der Waals surface area contributed by atoms with Gasteiger partial charge >= 0.3 is 0 Å². The van der Waals surface area contributed by atoms with Gasteiger partial charge in [0.15, 0.2) is 0 Å². The van der Waals surface area contributed by atoms with Crippen LogP contribution < -0.4 is 10.6 Å². The minimum atomic E-state index is -0.422. The number of amides is 1. The number of anilines is 1. The molecule has 2 N–H and O–H groups in total. The molecule has 1 unspecified atom stereocenters. The Morgan fingerprint density at radius 2 is 2.39 bits per heavy atom. The molecule has 0 radical (unpaired) electrons. The van der Waals surface area contributed by atoms with Crippen molar-refractivity contribution in [2.45, 2.75) is 6.42 Å². The van der Waals surface area contributed by atoms with Crippen molar-refractivity contribution in [3.05, 3.63) is 29.6 Å². The zero-order chi connectivity index (χ0) is 13.0. The van der Waals surface area contributed by atoms with Crippen LogP contribution in [-0.2, 0) is 4.74 Å². The number of carbonyl (C=O) groups is 1. The number of hydrogen-bond donors (Lipinski definition) is 2. The first-order chi connectivity index (χ1) is 8.72. The van der Waals surface area contributed by atoms with Gasteiger partial charge in [-0.25, -0.2) is 4.39 Å².